The van der Waals surface area contributed by atoms with Crippen LogP contribution in [0.5, 0.6) is 5.75 Å². The van der Waals surface area contributed by atoms with Gasteiger partial charge in [-0.2, -0.15) is 0 Å². The summed E-state index contributed by atoms with van der Waals surface area (Å²) in [6, 6.07) is 7.73. The predicted octanol–water partition coefficient (Wildman–Crippen LogP) is 2.84. The third kappa shape index (κ3) is 6.20. The molecule has 0 bridgehead atoms. The molecule has 0 unspecified atom stereocenters. The highest BCUT2D eigenvalue weighted by atomic mass is 16.6. The minimum atomic E-state index is -0.387. The van der Waals surface area contributed by atoms with Gasteiger partial charge in [0.05, 0.1) is 20.3 Å². The van der Waals surface area contributed by atoms with Crippen LogP contribution in [0.4, 0.5) is 0 Å². The van der Waals surface area contributed by atoms with E-state index in [1.165, 1.54) is 0 Å². The Morgan fingerprint density at radius 1 is 1.25 bits per heavy atom. The van der Waals surface area contributed by atoms with E-state index >= 15 is 0 Å². The third-order valence-corrected chi connectivity index (χ3v) is 2.45. The standard InChI is InChI=1S/C16H20O4/c1-13(2)16(17)20-12-11-19-10-4-5-14-6-8-15(18-3)9-7-14/h4-9H,1,10-12H2,2-3H3. The van der Waals surface area contributed by atoms with Gasteiger partial charge in [0.2, 0.25) is 0 Å². The lowest BCUT2D eigenvalue weighted by atomic mass is 10.2. The molecule has 1 aromatic carbocycles. The van der Waals surface area contributed by atoms with Gasteiger partial charge in [-0.05, 0) is 24.6 Å². The molecule has 1 aromatic rings. The fourth-order valence-corrected chi connectivity index (χ4v) is 1.37. The monoisotopic (exact) mass is 276 g/mol. The largest absolute Gasteiger partial charge is 0.497 e. The summed E-state index contributed by atoms with van der Waals surface area (Å²) in [5.41, 5.74) is 1.47. The molecule has 0 radical (unpaired) electrons. The smallest absolute Gasteiger partial charge is 0.333 e. The fourth-order valence-electron chi connectivity index (χ4n) is 1.37. The Hall–Kier alpha value is -2.07. The number of benzene rings is 1. The van der Waals surface area contributed by atoms with Crippen LogP contribution in [-0.2, 0) is 14.3 Å². The van der Waals surface area contributed by atoms with Crippen LogP contribution in [0.15, 0.2) is 42.5 Å². The highest BCUT2D eigenvalue weighted by molar-refractivity contribution is 5.86. The number of methoxy groups -OCH3 is 1. The molecule has 1 rings (SSSR count). The van der Waals surface area contributed by atoms with Crippen molar-refractivity contribution in [2.24, 2.45) is 0 Å². The van der Waals surface area contributed by atoms with Gasteiger partial charge < -0.3 is 14.2 Å². The van der Waals surface area contributed by atoms with Gasteiger partial charge in [0.1, 0.15) is 12.4 Å². The minimum Gasteiger partial charge on any atom is -0.497 e. The number of rotatable bonds is 8. The molecule has 0 fully saturated rings. The van der Waals surface area contributed by atoms with Crippen molar-refractivity contribution in [2.75, 3.05) is 26.9 Å². The molecule has 20 heavy (non-hydrogen) atoms. The zero-order valence-electron chi connectivity index (χ0n) is 11.9. The Kier molecular flexibility index (Phi) is 7.14. The predicted molar refractivity (Wildman–Crippen MR) is 78.6 cm³/mol. The van der Waals surface area contributed by atoms with Gasteiger partial charge >= 0.3 is 5.97 Å². The van der Waals surface area contributed by atoms with Crippen LogP contribution in [0.2, 0.25) is 0 Å². The van der Waals surface area contributed by atoms with Crippen LogP contribution in [-0.4, -0.2) is 32.9 Å². The normalized spacial score (nSPS) is 10.5. The number of hydrogen-bond donors (Lipinski definition) is 0. The van der Waals surface area contributed by atoms with Crippen LogP contribution >= 0.6 is 0 Å². The molecule has 0 aromatic heterocycles. The molecule has 0 saturated carbocycles. The molecule has 4 nitrogen and oxygen atoms in total. The van der Waals surface area contributed by atoms with Crippen LogP contribution in [0.1, 0.15) is 12.5 Å². The number of carbonyl (C=O) groups is 1. The van der Waals surface area contributed by atoms with E-state index in [2.05, 4.69) is 6.58 Å². The first-order chi connectivity index (χ1) is 9.63. The topological polar surface area (TPSA) is 44.8 Å². The second kappa shape index (κ2) is 8.93. The van der Waals surface area contributed by atoms with Gasteiger partial charge in [0, 0.05) is 5.57 Å². The van der Waals surface area contributed by atoms with E-state index in [-0.39, 0.29) is 12.6 Å². The average molecular weight is 276 g/mol. The molecular weight excluding hydrogens is 256 g/mol. The summed E-state index contributed by atoms with van der Waals surface area (Å²) < 4.78 is 15.3. The van der Waals surface area contributed by atoms with Crippen molar-refractivity contribution in [1.82, 2.24) is 0 Å². The first-order valence-electron chi connectivity index (χ1n) is 6.34. The highest BCUT2D eigenvalue weighted by Crippen LogP contribution is 2.12. The lowest BCUT2D eigenvalue weighted by Gasteiger charge is -2.04. The van der Waals surface area contributed by atoms with Crippen molar-refractivity contribution < 1.29 is 19.0 Å². The maximum atomic E-state index is 11.1. The molecular formula is C16H20O4. The number of carbonyl (C=O) groups excluding carboxylic acids is 1. The summed E-state index contributed by atoms with van der Waals surface area (Å²) in [7, 11) is 1.64. The van der Waals surface area contributed by atoms with Gasteiger partial charge in [0.25, 0.3) is 0 Å². The molecule has 0 aliphatic heterocycles. The number of hydrogen-bond acceptors (Lipinski definition) is 4. The first-order valence-corrected chi connectivity index (χ1v) is 6.34. The van der Waals surface area contributed by atoms with E-state index < -0.39 is 0 Å². The second-order valence-electron chi connectivity index (χ2n) is 4.17. The Morgan fingerprint density at radius 2 is 1.95 bits per heavy atom. The molecule has 108 valence electrons. The van der Waals surface area contributed by atoms with Crippen molar-refractivity contribution in [1.29, 1.82) is 0 Å². The molecule has 0 N–H and O–H groups in total. The molecule has 0 spiro atoms. The van der Waals surface area contributed by atoms with E-state index in [1.807, 2.05) is 36.4 Å². The van der Waals surface area contributed by atoms with E-state index in [0.717, 1.165) is 11.3 Å². The number of esters is 1. The van der Waals surface area contributed by atoms with Gasteiger partial charge in [-0.1, -0.05) is 30.9 Å². The van der Waals surface area contributed by atoms with E-state index in [9.17, 15) is 4.79 Å². The number of ether oxygens (including phenoxy) is 3. The summed E-state index contributed by atoms with van der Waals surface area (Å²) in [6.45, 7) is 6.18. The van der Waals surface area contributed by atoms with Crippen molar-refractivity contribution in [3.8, 4) is 5.75 Å². The molecule has 4 heteroatoms. The van der Waals surface area contributed by atoms with Crippen molar-refractivity contribution in [2.45, 2.75) is 6.92 Å². The van der Waals surface area contributed by atoms with Gasteiger partial charge in [0.15, 0.2) is 0 Å². The summed E-state index contributed by atoms with van der Waals surface area (Å²) in [6.07, 6.45) is 3.86. The lowest BCUT2D eigenvalue weighted by Crippen LogP contribution is -2.10. The Balaban J connectivity index is 2.15. The summed E-state index contributed by atoms with van der Waals surface area (Å²) in [4.78, 5) is 11.1. The molecule has 0 aliphatic carbocycles. The first kappa shape index (κ1) is 16.0. The maximum absolute atomic E-state index is 11.1. The zero-order valence-corrected chi connectivity index (χ0v) is 11.9. The summed E-state index contributed by atoms with van der Waals surface area (Å²) in [5, 5.41) is 0. The summed E-state index contributed by atoms with van der Waals surface area (Å²) in [5.74, 6) is 0.445. The Labute approximate surface area is 119 Å². The maximum Gasteiger partial charge on any atom is 0.333 e. The minimum absolute atomic E-state index is 0.238. The van der Waals surface area contributed by atoms with Crippen LogP contribution in [0.25, 0.3) is 6.08 Å². The second-order valence-corrected chi connectivity index (χ2v) is 4.17. The van der Waals surface area contributed by atoms with E-state index in [4.69, 9.17) is 14.2 Å². The van der Waals surface area contributed by atoms with Gasteiger partial charge in [-0.25, -0.2) is 4.79 Å². The van der Waals surface area contributed by atoms with Crippen molar-refractivity contribution in [3.05, 3.63) is 48.1 Å². The van der Waals surface area contributed by atoms with Gasteiger partial charge in [-0.15, -0.1) is 0 Å². The molecule has 0 aliphatic rings. The fraction of sp³-hybridized carbons (Fsp3) is 0.312. The lowest BCUT2D eigenvalue weighted by molar-refractivity contribution is -0.140. The highest BCUT2D eigenvalue weighted by Gasteiger charge is 2.01. The quantitative estimate of drug-likeness (QED) is 0.416. The molecule has 0 amide bonds. The molecule has 0 atom stereocenters. The zero-order chi connectivity index (χ0) is 14.8. The van der Waals surface area contributed by atoms with Crippen LogP contribution in [0.3, 0.4) is 0 Å². The van der Waals surface area contributed by atoms with Crippen molar-refractivity contribution in [3.63, 3.8) is 0 Å². The molecule has 0 saturated heterocycles. The summed E-state index contributed by atoms with van der Waals surface area (Å²) >= 11 is 0. The SMILES string of the molecule is C=C(C)C(=O)OCCOCC=Cc1ccc(OC)cc1. The van der Waals surface area contributed by atoms with E-state index in [0.29, 0.717) is 18.8 Å². The van der Waals surface area contributed by atoms with Crippen LogP contribution in [0, 0.1) is 0 Å². The van der Waals surface area contributed by atoms with Crippen molar-refractivity contribution >= 4 is 12.0 Å². The molecule has 0 heterocycles. The Morgan fingerprint density at radius 3 is 2.55 bits per heavy atom. The van der Waals surface area contributed by atoms with Gasteiger partial charge in [-0.3, -0.25) is 0 Å². The van der Waals surface area contributed by atoms with Crippen LogP contribution < -0.4 is 4.74 Å². The van der Waals surface area contributed by atoms with E-state index in [1.54, 1.807) is 14.0 Å². The Bertz CT molecular complexity index is 460. The average Bonchev–Trinajstić information content (AvgIpc) is 2.46. The third-order valence-electron chi connectivity index (χ3n) is 2.45.